The molecule has 0 unspecified atom stereocenters. The van der Waals surface area contributed by atoms with Crippen LogP contribution in [-0.4, -0.2) is 45.2 Å². The molecule has 6 nitrogen and oxygen atoms in total. The molecule has 0 saturated carbocycles. The minimum Gasteiger partial charge on any atom is -0.355 e. The summed E-state index contributed by atoms with van der Waals surface area (Å²) < 4.78 is 16.7. The summed E-state index contributed by atoms with van der Waals surface area (Å²) in [7, 11) is 0. The fourth-order valence-electron chi connectivity index (χ4n) is 4.41. The summed E-state index contributed by atoms with van der Waals surface area (Å²) >= 11 is 6.12. The number of benzene rings is 2. The first-order chi connectivity index (χ1) is 16.2. The van der Waals surface area contributed by atoms with Gasteiger partial charge in [-0.25, -0.2) is 19.3 Å². The van der Waals surface area contributed by atoms with Crippen molar-refractivity contribution in [3.63, 3.8) is 0 Å². The number of nitrogens with one attached hydrogen (secondary N) is 1. The third kappa shape index (κ3) is 4.30. The number of nitrogens with zero attached hydrogens (tertiary/aromatic N) is 5. The minimum absolute atomic E-state index is 0.333. The number of rotatable bonds is 6. The SMILES string of the molecule is CCCNC1CCN(c2ncnc3c2nc(-c2ccccc2F)n3-c2ccc(Cl)cc2)CC1. The van der Waals surface area contributed by atoms with Crippen molar-refractivity contribution in [2.45, 2.75) is 32.2 Å². The summed E-state index contributed by atoms with van der Waals surface area (Å²) in [4.78, 5) is 16.3. The van der Waals surface area contributed by atoms with Crippen LogP contribution in [0.25, 0.3) is 28.2 Å². The topological polar surface area (TPSA) is 58.9 Å². The van der Waals surface area contributed by atoms with Gasteiger partial charge in [0.2, 0.25) is 0 Å². The number of aromatic nitrogens is 4. The van der Waals surface area contributed by atoms with Crippen molar-refractivity contribution in [1.29, 1.82) is 0 Å². The quantitative estimate of drug-likeness (QED) is 0.422. The van der Waals surface area contributed by atoms with Crippen LogP contribution in [0.3, 0.4) is 0 Å². The lowest BCUT2D eigenvalue weighted by Crippen LogP contribution is -2.43. The molecule has 1 N–H and O–H groups in total. The van der Waals surface area contributed by atoms with E-state index in [1.54, 1.807) is 18.5 Å². The summed E-state index contributed by atoms with van der Waals surface area (Å²) in [5.41, 5.74) is 2.55. The van der Waals surface area contributed by atoms with Gasteiger partial charge < -0.3 is 10.2 Å². The van der Waals surface area contributed by atoms with E-state index >= 15 is 0 Å². The lowest BCUT2D eigenvalue weighted by Gasteiger charge is -2.33. The average Bonchev–Trinajstić information content (AvgIpc) is 3.23. The molecule has 1 fully saturated rings. The Labute approximate surface area is 197 Å². The number of anilines is 1. The molecular weight excluding hydrogens is 439 g/mol. The molecule has 1 saturated heterocycles. The average molecular weight is 465 g/mol. The first-order valence-corrected chi connectivity index (χ1v) is 11.8. The lowest BCUT2D eigenvalue weighted by atomic mass is 10.0. The van der Waals surface area contributed by atoms with Crippen molar-refractivity contribution in [3.05, 3.63) is 65.7 Å². The summed E-state index contributed by atoms with van der Waals surface area (Å²) in [5, 5.41) is 4.25. The second-order valence-corrected chi connectivity index (χ2v) is 8.75. The molecule has 170 valence electrons. The largest absolute Gasteiger partial charge is 0.355 e. The molecule has 0 aliphatic carbocycles. The van der Waals surface area contributed by atoms with Crippen molar-refractivity contribution in [2.75, 3.05) is 24.5 Å². The van der Waals surface area contributed by atoms with Crippen LogP contribution in [0, 0.1) is 5.82 Å². The monoisotopic (exact) mass is 464 g/mol. The van der Waals surface area contributed by atoms with Crippen LogP contribution in [-0.2, 0) is 0 Å². The van der Waals surface area contributed by atoms with E-state index in [0.717, 1.165) is 50.4 Å². The van der Waals surface area contributed by atoms with Gasteiger partial charge in [0.1, 0.15) is 18.0 Å². The minimum atomic E-state index is -0.333. The fourth-order valence-corrected chi connectivity index (χ4v) is 4.54. The predicted molar refractivity (Wildman–Crippen MR) is 131 cm³/mol. The Morgan fingerprint density at radius 3 is 2.55 bits per heavy atom. The van der Waals surface area contributed by atoms with Crippen molar-refractivity contribution in [2.24, 2.45) is 0 Å². The van der Waals surface area contributed by atoms with Gasteiger partial charge in [0.15, 0.2) is 17.0 Å². The van der Waals surface area contributed by atoms with Crippen LogP contribution in [0.1, 0.15) is 26.2 Å². The molecule has 0 bridgehead atoms. The molecule has 1 aliphatic rings. The zero-order valence-corrected chi connectivity index (χ0v) is 19.3. The first-order valence-electron chi connectivity index (χ1n) is 11.4. The second kappa shape index (κ2) is 9.45. The smallest absolute Gasteiger partial charge is 0.170 e. The number of piperidine rings is 1. The van der Waals surface area contributed by atoms with Crippen LogP contribution >= 0.6 is 11.6 Å². The van der Waals surface area contributed by atoms with E-state index in [0.29, 0.717) is 33.6 Å². The van der Waals surface area contributed by atoms with E-state index in [1.807, 2.05) is 34.9 Å². The lowest BCUT2D eigenvalue weighted by molar-refractivity contribution is 0.415. The molecule has 1 aliphatic heterocycles. The molecule has 0 spiro atoms. The van der Waals surface area contributed by atoms with Crippen LogP contribution < -0.4 is 10.2 Å². The molecule has 2 aromatic heterocycles. The van der Waals surface area contributed by atoms with Crippen LogP contribution in [0.2, 0.25) is 5.02 Å². The van der Waals surface area contributed by atoms with E-state index in [4.69, 9.17) is 16.6 Å². The summed E-state index contributed by atoms with van der Waals surface area (Å²) in [6.45, 7) is 5.00. The molecule has 8 heteroatoms. The molecular formula is C25H26ClFN6. The van der Waals surface area contributed by atoms with Crippen LogP contribution in [0.4, 0.5) is 10.2 Å². The number of fused-ring (bicyclic) bond motifs is 1. The zero-order chi connectivity index (χ0) is 22.8. The van der Waals surface area contributed by atoms with Gasteiger partial charge in [-0.3, -0.25) is 4.57 Å². The molecule has 0 atom stereocenters. The zero-order valence-electron chi connectivity index (χ0n) is 18.5. The number of halogens is 2. The Morgan fingerprint density at radius 1 is 1.06 bits per heavy atom. The Bertz CT molecular complexity index is 1250. The highest BCUT2D eigenvalue weighted by Gasteiger charge is 2.25. The van der Waals surface area contributed by atoms with Gasteiger partial charge in [-0.05, 0) is 62.2 Å². The Balaban J connectivity index is 1.61. The molecule has 3 heterocycles. The Morgan fingerprint density at radius 2 is 1.82 bits per heavy atom. The van der Waals surface area contributed by atoms with Gasteiger partial charge in [-0.15, -0.1) is 0 Å². The van der Waals surface area contributed by atoms with Gasteiger partial charge in [0.25, 0.3) is 0 Å². The number of hydrogen-bond acceptors (Lipinski definition) is 5. The fraction of sp³-hybridized carbons (Fsp3) is 0.320. The van der Waals surface area contributed by atoms with Gasteiger partial charge in [-0.2, -0.15) is 0 Å². The molecule has 2 aromatic carbocycles. The molecule has 0 amide bonds. The maximum absolute atomic E-state index is 14.8. The molecule has 0 radical (unpaired) electrons. The van der Waals surface area contributed by atoms with Gasteiger partial charge in [0, 0.05) is 29.8 Å². The van der Waals surface area contributed by atoms with Gasteiger partial charge >= 0.3 is 0 Å². The Kier molecular flexibility index (Phi) is 6.24. The highest BCUT2D eigenvalue weighted by atomic mass is 35.5. The maximum atomic E-state index is 14.8. The van der Waals surface area contributed by atoms with E-state index in [9.17, 15) is 4.39 Å². The number of hydrogen-bond donors (Lipinski definition) is 1. The summed E-state index contributed by atoms with van der Waals surface area (Å²) in [6.07, 6.45) is 4.79. The van der Waals surface area contributed by atoms with Crippen molar-refractivity contribution in [3.8, 4) is 17.1 Å². The van der Waals surface area contributed by atoms with Crippen LogP contribution in [0.15, 0.2) is 54.9 Å². The van der Waals surface area contributed by atoms with E-state index in [2.05, 4.69) is 27.1 Å². The third-order valence-electron chi connectivity index (χ3n) is 6.10. The highest BCUT2D eigenvalue weighted by Crippen LogP contribution is 2.33. The summed E-state index contributed by atoms with van der Waals surface area (Å²) in [6, 6.07) is 14.6. The standard InChI is InChI=1S/C25H26ClFN6/c1-2-13-28-18-11-14-32(15-12-18)24-22-25(30-16-29-24)33(19-9-7-17(26)8-10-19)23(31-22)20-5-3-4-6-21(20)27/h3-10,16,18,28H,2,11-15H2,1H3. The normalized spacial score (nSPS) is 14.8. The van der Waals surface area contributed by atoms with Crippen LogP contribution in [0.5, 0.6) is 0 Å². The first kappa shape index (κ1) is 21.8. The summed E-state index contributed by atoms with van der Waals surface area (Å²) in [5.74, 6) is 0.950. The predicted octanol–water partition coefficient (Wildman–Crippen LogP) is 5.24. The van der Waals surface area contributed by atoms with E-state index in [1.165, 1.54) is 6.07 Å². The Hall–Kier alpha value is -3.03. The van der Waals surface area contributed by atoms with Crippen molar-refractivity contribution in [1.82, 2.24) is 24.8 Å². The molecule has 5 rings (SSSR count). The van der Waals surface area contributed by atoms with E-state index < -0.39 is 0 Å². The van der Waals surface area contributed by atoms with Gasteiger partial charge in [-0.1, -0.05) is 30.7 Å². The highest BCUT2D eigenvalue weighted by molar-refractivity contribution is 6.30. The van der Waals surface area contributed by atoms with Crippen molar-refractivity contribution >= 4 is 28.6 Å². The molecule has 4 aromatic rings. The van der Waals surface area contributed by atoms with Gasteiger partial charge in [0.05, 0.1) is 5.56 Å². The van der Waals surface area contributed by atoms with E-state index in [-0.39, 0.29) is 5.82 Å². The maximum Gasteiger partial charge on any atom is 0.170 e. The van der Waals surface area contributed by atoms with Crippen molar-refractivity contribution < 1.29 is 4.39 Å². The second-order valence-electron chi connectivity index (χ2n) is 8.31. The number of imidazole rings is 1. The third-order valence-corrected chi connectivity index (χ3v) is 6.35. The molecule has 33 heavy (non-hydrogen) atoms.